The first-order chi connectivity index (χ1) is 15.0. The van der Waals surface area contributed by atoms with Crippen LogP contribution in [0.2, 0.25) is 0 Å². The summed E-state index contributed by atoms with van der Waals surface area (Å²) in [7, 11) is 0. The minimum Gasteiger partial charge on any atom is -0.481 e. The summed E-state index contributed by atoms with van der Waals surface area (Å²) in [5.74, 6) is 0.0509. The summed E-state index contributed by atoms with van der Waals surface area (Å²) < 4.78 is 7.44. The number of hydrogen-bond donors (Lipinski definition) is 1. The number of carbonyl (C=O) groups is 1. The van der Waals surface area contributed by atoms with E-state index in [0.29, 0.717) is 23.8 Å². The van der Waals surface area contributed by atoms with Gasteiger partial charge in [-0.05, 0) is 67.6 Å². The van der Waals surface area contributed by atoms with Crippen LogP contribution in [0.5, 0.6) is 0 Å². The Morgan fingerprint density at radius 1 is 1.06 bits per heavy atom. The van der Waals surface area contributed by atoms with E-state index in [1.807, 2.05) is 74.0 Å². The standard InChI is InChI=1S/C24H24N4O3/c1-4-28-21(17-8-6-5-7-9-17)14-20(26-28)24-25-23(27-31-24)18-12-15(2)19(16(3)13-18)10-11-22(29)30/h5-9,12-14H,4,10-11H2,1-3H3,(H,29,30). The van der Waals surface area contributed by atoms with Crippen LogP contribution in [0.15, 0.2) is 53.1 Å². The Kier molecular flexibility index (Phi) is 5.66. The van der Waals surface area contributed by atoms with Gasteiger partial charge in [0.1, 0.15) is 0 Å². The molecule has 0 radical (unpaired) electrons. The van der Waals surface area contributed by atoms with Crippen LogP contribution in [0, 0.1) is 13.8 Å². The second-order valence-corrected chi connectivity index (χ2v) is 7.50. The third kappa shape index (κ3) is 4.26. The van der Waals surface area contributed by atoms with Crippen molar-refractivity contribution in [3.8, 4) is 34.2 Å². The third-order valence-corrected chi connectivity index (χ3v) is 5.34. The number of aromatic nitrogens is 4. The molecule has 158 valence electrons. The van der Waals surface area contributed by atoms with Gasteiger partial charge in [0.25, 0.3) is 5.89 Å². The number of rotatable bonds is 7. The lowest BCUT2D eigenvalue weighted by molar-refractivity contribution is -0.136. The molecule has 4 rings (SSSR count). The summed E-state index contributed by atoms with van der Waals surface area (Å²) in [5, 5.41) is 17.8. The van der Waals surface area contributed by atoms with Gasteiger partial charge in [0, 0.05) is 18.5 Å². The molecule has 7 heteroatoms. The van der Waals surface area contributed by atoms with Gasteiger partial charge in [-0.25, -0.2) is 0 Å². The zero-order chi connectivity index (χ0) is 22.0. The van der Waals surface area contributed by atoms with E-state index in [2.05, 4.69) is 15.2 Å². The smallest absolute Gasteiger partial charge is 0.303 e. The molecular weight excluding hydrogens is 392 g/mol. The van der Waals surface area contributed by atoms with E-state index in [-0.39, 0.29) is 6.42 Å². The fraction of sp³-hybridized carbons (Fsp3) is 0.250. The quantitative estimate of drug-likeness (QED) is 0.459. The van der Waals surface area contributed by atoms with Crippen LogP contribution in [0.1, 0.15) is 30.0 Å². The molecule has 2 heterocycles. The van der Waals surface area contributed by atoms with E-state index >= 15 is 0 Å². The molecule has 0 spiro atoms. The van der Waals surface area contributed by atoms with Crippen LogP contribution < -0.4 is 0 Å². The predicted molar refractivity (Wildman–Crippen MR) is 117 cm³/mol. The van der Waals surface area contributed by atoms with Crippen molar-refractivity contribution in [1.29, 1.82) is 0 Å². The molecule has 0 saturated heterocycles. The molecule has 0 aliphatic carbocycles. The first-order valence-electron chi connectivity index (χ1n) is 10.3. The van der Waals surface area contributed by atoms with Gasteiger partial charge in [-0.15, -0.1) is 0 Å². The van der Waals surface area contributed by atoms with Gasteiger partial charge in [-0.1, -0.05) is 35.5 Å². The molecular formula is C24H24N4O3. The van der Waals surface area contributed by atoms with Gasteiger partial charge < -0.3 is 9.63 Å². The molecule has 2 aromatic heterocycles. The van der Waals surface area contributed by atoms with E-state index in [9.17, 15) is 4.79 Å². The van der Waals surface area contributed by atoms with E-state index in [1.54, 1.807) is 0 Å². The molecule has 0 bridgehead atoms. The van der Waals surface area contributed by atoms with Crippen molar-refractivity contribution in [3.05, 3.63) is 65.2 Å². The molecule has 0 aliphatic rings. The molecule has 0 unspecified atom stereocenters. The molecule has 0 fully saturated rings. The SMILES string of the molecule is CCn1nc(-c2nc(-c3cc(C)c(CCC(=O)O)c(C)c3)no2)cc1-c1ccccc1. The van der Waals surface area contributed by atoms with Crippen molar-refractivity contribution in [1.82, 2.24) is 19.9 Å². The summed E-state index contributed by atoms with van der Waals surface area (Å²) in [6.45, 7) is 6.72. The highest BCUT2D eigenvalue weighted by atomic mass is 16.5. The Morgan fingerprint density at radius 3 is 2.42 bits per heavy atom. The number of nitrogens with zero attached hydrogens (tertiary/aromatic N) is 4. The summed E-state index contributed by atoms with van der Waals surface area (Å²) >= 11 is 0. The minimum atomic E-state index is -0.799. The first-order valence-corrected chi connectivity index (χ1v) is 10.3. The maximum Gasteiger partial charge on any atom is 0.303 e. The number of benzene rings is 2. The van der Waals surface area contributed by atoms with Gasteiger partial charge in [0.15, 0.2) is 5.69 Å². The van der Waals surface area contributed by atoms with Gasteiger partial charge in [-0.2, -0.15) is 10.1 Å². The van der Waals surface area contributed by atoms with Crippen LogP contribution >= 0.6 is 0 Å². The molecule has 0 saturated carbocycles. The number of carboxylic acid groups (broad SMARTS) is 1. The monoisotopic (exact) mass is 416 g/mol. The largest absolute Gasteiger partial charge is 0.481 e. The van der Waals surface area contributed by atoms with E-state index in [0.717, 1.165) is 40.1 Å². The van der Waals surface area contributed by atoms with E-state index < -0.39 is 5.97 Å². The predicted octanol–water partition coefficient (Wildman–Crippen LogP) is 4.92. The van der Waals surface area contributed by atoms with Gasteiger partial charge in [0.2, 0.25) is 5.82 Å². The third-order valence-electron chi connectivity index (χ3n) is 5.34. The van der Waals surface area contributed by atoms with Crippen molar-refractivity contribution in [3.63, 3.8) is 0 Å². The van der Waals surface area contributed by atoms with E-state index in [1.165, 1.54) is 0 Å². The number of carboxylic acids is 1. The zero-order valence-electron chi connectivity index (χ0n) is 17.8. The second kappa shape index (κ2) is 8.55. The van der Waals surface area contributed by atoms with Gasteiger partial charge in [-0.3, -0.25) is 9.48 Å². The highest BCUT2D eigenvalue weighted by Gasteiger charge is 2.18. The lowest BCUT2D eigenvalue weighted by Gasteiger charge is -2.10. The van der Waals surface area contributed by atoms with Gasteiger partial charge >= 0.3 is 5.97 Å². The molecule has 2 aromatic carbocycles. The minimum absolute atomic E-state index is 0.108. The Morgan fingerprint density at radius 2 is 1.77 bits per heavy atom. The normalized spacial score (nSPS) is 11.1. The van der Waals surface area contributed by atoms with Crippen molar-refractivity contribution >= 4 is 5.97 Å². The van der Waals surface area contributed by atoms with Crippen molar-refractivity contribution in [2.24, 2.45) is 0 Å². The summed E-state index contributed by atoms with van der Waals surface area (Å²) in [5.41, 5.74) is 6.61. The Labute approximate surface area is 180 Å². The van der Waals surface area contributed by atoms with E-state index in [4.69, 9.17) is 9.63 Å². The summed E-state index contributed by atoms with van der Waals surface area (Å²) in [6, 6.07) is 16.0. The van der Waals surface area contributed by atoms with Crippen LogP contribution in [-0.4, -0.2) is 31.0 Å². The van der Waals surface area contributed by atoms with Crippen molar-refractivity contribution in [2.45, 2.75) is 40.2 Å². The lowest BCUT2D eigenvalue weighted by atomic mass is 9.95. The Balaban J connectivity index is 1.65. The highest BCUT2D eigenvalue weighted by molar-refractivity contribution is 5.68. The number of hydrogen-bond acceptors (Lipinski definition) is 5. The maximum absolute atomic E-state index is 10.9. The Hall–Kier alpha value is -3.74. The molecule has 31 heavy (non-hydrogen) atoms. The molecule has 4 aromatic rings. The molecule has 1 N–H and O–H groups in total. The average Bonchev–Trinajstić information content (AvgIpc) is 3.40. The first kappa shape index (κ1) is 20.5. The average molecular weight is 416 g/mol. The number of aliphatic carboxylic acids is 1. The maximum atomic E-state index is 10.9. The summed E-state index contributed by atoms with van der Waals surface area (Å²) in [6.07, 6.45) is 0.610. The Bertz CT molecular complexity index is 1200. The molecule has 0 atom stereocenters. The highest BCUT2D eigenvalue weighted by Crippen LogP contribution is 2.29. The fourth-order valence-electron chi connectivity index (χ4n) is 3.80. The van der Waals surface area contributed by atoms with Crippen LogP contribution in [-0.2, 0) is 17.8 Å². The number of aryl methyl sites for hydroxylation is 3. The topological polar surface area (TPSA) is 94.0 Å². The second-order valence-electron chi connectivity index (χ2n) is 7.50. The lowest BCUT2D eigenvalue weighted by Crippen LogP contribution is -2.01. The van der Waals surface area contributed by atoms with Crippen LogP contribution in [0.3, 0.4) is 0 Å². The molecule has 0 aliphatic heterocycles. The fourth-order valence-corrected chi connectivity index (χ4v) is 3.80. The van der Waals surface area contributed by atoms with Gasteiger partial charge in [0.05, 0.1) is 5.69 Å². The summed E-state index contributed by atoms with van der Waals surface area (Å²) in [4.78, 5) is 15.5. The zero-order valence-corrected chi connectivity index (χ0v) is 17.8. The van der Waals surface area contributed by atoms with Crippen LogP contribution in [0.4, 0.5) is 0 Å². The van der Waals surface area contributed by atoms with Crippen molar-refractivity contribution < 1.29 is 14.4 Å². The molecule has 7 nitrogen and oxygen atoms in total. The van der Waals surface area contributed by atoms with Crippen molar-refractivity contribution in [2.75, 3.05) is 0 Å². The molecule has 0 amide bonds. The van der Waals surface area contributed by atoms with Crippen LogP contribution in [0.25, 0.3) is 34.2 Å².